The molecule has 12 unspecified atom stereocenters. The van der Waals surface area contributed by atoms with Crippen LogP contribution in [-0.2, 0) is 47.7 Å². The van der Waals surface area contributed by atoms with Gasteiger partial charge in [0.25, 0.3) is 24.8 Å². The molecule has 0 aliphatic heterocycles. The molecule has 0 amide bonds. The van der Waals surface area contributed by atoms with Crippen LogP contribution in [0.2, 0.25) is 0 Å². The quantitative estimate of drug-likeness (QED) is 0.0388. The van der Waals surface area contributed by atoms with E-state index < -0.39 is 35.6 Å². The molecule has 0 fully saturated rings. The third kappa shape index (κ3) is 9.16. The zero-order valence-electron chi connectivity index (χ0n) is 55.5. The molecular weight excluding hydrogens is 1240 g/mol. The molecule has 0 saturated heterocycles. The molecule has 9 aliphatic carbocycles. The summed E-state index contributed by atoms with van der Waals surface area (Å²) in [5.74, 6) is 8.98. The number of benzene rings is 8. The van der Waals surface area contributed by atoms with Crippen LogP contribution in [0, 0.1) is 86.9 Å². The SMILES string of the molecule is COC(=O)C1C2c3ccccc3C(c3cc4c(C#Cc5c6cc7c(cc6c(C#Cc6nc(-n8nc(C)cc8C)nc(-n8nc(C)cc8C)n6)c6cc8c(cc56)C5c6ccccc6C8C(C(=O)OC)C5C(=O)OC)C5c6ccccc6C7C(COC=O)C5COC=O)cccc4cc32)C1C. The van der Waals surface area contributed by atoms with Crippen LogP contribution in [-0.4, -0.2) is 99.9 Å². The Morgan fingerprint density at radius 2 is 0.808 bits per heavy atom. The van der Waals surface area contributed by atoms with Crippen molar-refractivity contribution >= 4 is 63.2 Å². The highest BCUT2D eigenvalue weighted by atomic mass is 16.5. The molecule has 20 rings (SSSR count). The van der Waals surface area contributed by atoms with Crippen molar-refractivity contribution in [3.63, 3.8) is 0 Å². The number of esters is 3. The van der Waals surface area contributed by atoms with Crippen LogP contribution in [0.1, 0.15) is 154 Å². The molecule has 11 aromatic rings. The predicted molar refractivity (Wildman–Crippen MR) is 367 cm³/mol. The van der Waals surface area contributed by atoms with E-state index in [1.807, 2.05) is 88.4 Å². The van der Waals surface area contributed by atoms with E-state index in [0.29, 0.717) is 29.5 Å². The third-order valence-corrected chi connectivity index (χ3v) is 22.3. The second kappa shape index (κ2) is 23.3. The van der Waals surface area contributed by atoms with E-state index in [4.69, 9.17) is 48.8 Å². The topological polar surface area (TPSA) is 206 Å². The summed E-state index contributed by atoms with van der Waals surface area (Å²) in [4.78, 5) is 82.5. The number of aryl methyl sites for hydroxylation is 4. The van der Waals surface area contributed by atoms with Crippen LogP contribution < -0.4 is 0 Å². The molecule has 488 valence electrons. The van der Waals surface area contributed by atoms with Crippen LogP contribution >= 0.6 is 0 Å². The van der Waals surface area contributed by atoms with E-state index in [1.54, 1.807) is 9.36 Å². The van der Waals surface area contributed by atoms with Crippen molar-refractivity contribution in [2.24, 2.45) is 35.5 Å². The summed E-state index contributed by atoms with van der Waals surface area (Å²) in [5.41, 5.74) is 17.5. The lowest BCUT2D eigenvalue weighted by Crippen LogP contribution is -2.47. The van der Waals surface area contributed by atoms with Crippen molar-refractivity contribution in [1.29, 1.82) is 0 Å². The molecule has 3 aromatic heterocycles. The highest BCUT2D eigenvalue weighted by Crippen LogP contribution is 2.63. The fourth-order valence-corrected chi connectivity index (χ4v) is 18.6. The average molecular weight is 1310 g/mol. The molecule has 8 aromatic carbocycles. The standard InChI is InChI=1S/C82H65N7O10/c1-40-28-42(3)88(86-40)81-83-68(84-82(85-81)89-43(4)29-41(2)87-89)27-26-48-57-33-63-62(71-50-19-10-11-20-51(50)72(63)67(37-99-39-91)66(71)36-98-38-90)32-56(57)47(58-34-64-65(35-59(48)58)75-54-23-14-13-22-53(54)74(64)76(79(93)96-7)77(75)80(94)97-8)25-24-45-16-15-17-46-30-60-61(31-55(45)46)69-44(5)70(78(92)95-6)73(60)52-21-12-9-18-49(52)69/h9-23,28-35,38-39,44,66-67,69-77H,36-37H2,1-8H3. The molecule has 99 heavy (non-hydrogen) atoms. The van der Waals surface area contributed by atoms with Gasteiger partial charge in [-0.25, -0.2) is 9.36 Å². The zero-order valence-corrected chi connectivity index (χ0v) is 55.5. The minimum atomic E-state index is -0.952. The van der Waals surface area contributed by atoms with E-state index >= 15 is 0 Å². The monoisotopic (exact) mass is 1310 g/mol. The lowest BCUT2D eigenvalue weighted by molar-refractivity contribution is -0.160. The predicted octanol–water partition coefficient (Wildman–Crippen LogP) is 12.1. The fraction of sp³-hybridized carbons (Fsp3) is 0.268. The molecule has 17 nitrogen and oxygen atoms in total. The van der Waals surface area contributed by atoms with Gasteiger partial charge in [0, 0.05) is 75.4 Å². The third-order valence-electron chi connectivity index (χ3n) is 22.3. The highest BCUT2D eigenvalue weighted by molar-refractivity contribution is 6.12. The maximum absolute atomic E-state index is 14.6. The smallest absolute Gasteiger partial charge is 0.310 e. The maximum atomic E-state index is 14.6. The number of nitrogens with zero attached hydrogens (tertiary/aromatic N) is 7. The van der Waals surface area contributed by atoms with E-state index in [9.17, 15) is 24.0 Å². The van der Waals surface area contributed by atoms with Crippen LogP contribution in [0.5, 0.6) is 0 Å². The van der Waals surface area contributed by atoms with Crippen molar-refractivity contribution in [3.8, 4) is 35.6 Å². The van der Waals surface area contributed by atoms with E-state index in [2.05, 4.69) is 109 Å². The average Bonchev–Trinajstić information content (AvgIpc) is 0.890. The number of hydrogen-bond acceptors (Lipinski definition) is 15. The molecule has 17 heteroatoms. The first-order valence-electron chi connectivity index (χ1n) is 33.4. The summed E-state index contributed by atoms with van der Waals surface area (Å²) in [6, 6.07) is 48.1. The van der Waals surface area contributed by atoms with Gasteiger partial charge in [-0.2, -0.15) is 25.1 Å². The second-order valence-electron chi connectivity index (χ2n) is 27.2. The fourth-order valence-electron chi connectivity index (χ4n) is 18.6. The molecule has 6 bridgehead atoms. The first-order chi connectivity index (χ1) is 48.2. The normalized spacial score (nSPS) is 22.7. The molecule has 12 atom stereocenters. The van der Waals surface area contributed by atoms with Crippen molar-refractivity contribution in [3.05, 3.63) is 252 Å². The van der Waals surface area contributed by atoms with Gasteiger partial charge in [-0.15, -0.1) is 0 Å². The Morgan fingerprint density at radius 3 is 1.24 bits per heavy atom. The number of carbonyl (C=O) groups excluding carboxylic acids is 5. The summed E-state index contributed by atoms with van der Waals surface area (Å²) in [6.45, 7) is 10.9. The molecule has 0 saturated carbocycles. The van der Waals surface area contributed by atoms with Gasteiger partial charge in [-0.1, -0.05) is 116 Å². The first-order valence-corrected chi connectivity index (χ1v) is 33.4. The first kappa shape index (κ1) is 61.1. The van der Waals surface area contributed by atoms with Gasteiger partial charge >= 0.3 is 17.9 Å². The number of rotatable bonds is 11. The van der Waals surface area contributed by atoms with Gasteiger partial charge in [-0.3, -0.25) is 24.0 Å². The second-order valence-corrected chi connectivity index (χ2v) is 27.2. The Balaban J connectivity index is 0.980. The summed E-state index contributed by atoms with van der Waals surface area (Å²) in [5, 5.41) is 14.5. The van der Waals surface area contributed by atoms with Crippen molar-refractivity contribution in [2.75, 3.05) is 34.5 Å². The van der Waals surface area contributed by atoms with Gasteiger partial charge in [-0.05, 0) is 187 Å². The number of fused-ring (bicyclic) bond motifs is 6. The van der Waals surface area contributed by atoms with Crippen LogP contribution in [0.25, 0.3) is 44.2 Å². The van der Waals surface area contributed by atoms with Gasteiger partial charge in [0.05, 0.1) is 63.7 Å². The number of carbonyl (C=O) groups is 5. The Morgan fingerprint density at radius 1 is 0.424 bits per heavy atom. The zero-order chi connectivity index (χ0) is 68.0. The van der Waals surface area contributed by atoms with E-state index in [-0.39, 0.29) is 84.2 Å². The summed E-state index contributed by atoms with van der Waals surface area (Å²) >= 11 is 0. The minimum absolute atomic E-state index is 0.0516. The van der Waals surface area contributed by atoms with Crippen LogP contribution in [0.3, 0.4) is 0 Å². The van der Waals surface area contributed by atoms with Crippen LogP contribution in [0.15, 0.2) is 140 Å². The Labute approximate surface area is 569 Å². The highest BCUT2D eigenvalue weighted by Gasteiger charge is 2.57. The van der Waals surface area contributed by atoms with Gasteiger partial charge < -0.3 is 23.7 Å². The lowest BCUT2D eigenvalue weighted by atomic mass is 9.53. The molecule has 0 N–H and O–H groups in total. The van der Waals surface area contributed by atoms with Gasteiger partial charge in [0.15, 0.2) is 0 Å². The number of aromatic nitrogens is 7. The molecule has 0 spiro atoms. The summed E-state index contributed by atoms with van der Waals surface area (Å²) < 4.78 is 31.6. The number of methoxy groups -OCH3 is 3. The molecular formula is C82H65N7O10. The van der Waals surface area contributed by atoms with Crippen molar-refractivity contribution in [1.82, 2.24) is 34.5 Å². The minimum Gasteiger partial charge on any atom is -0.469 e. The van der Waals surface area contributed by atoms with Crippen LogP contribution in [0.4, 0.5) is 0 Å². The van der Waals surface area contributed by atoms with Crippen molar-refractivity contribution < 1.29 is 47.7 Å². The summed E-state index contributed by atoms with van der Waals surface area (Å²) in [7, 11) is 4.18. The maximum Gasteiger partial charge on any atom is 0.310 e. The Kier molecular flexibility index (Phi) is 14.4. The lowest BCUT2D eigenvalue weighted by Gasteiger charge is -2.50. The number of ether oxygens (including phenoxy) is 5. The Bertz CT molecular complexity index is 5450. The largest absolute Gasteiger partial charge is 0.469 e. The van der Waals surface area contributed by atoms with Gasteiger partial charge in [0.1, 0.15) is 0 Å². The van der Waals surface area contributed by atoms with Crippen molar-refractivity contribution in [2.45, 2.75) is 70.1 Å². The number of hydrogen-bond donors (Lipinski definition) is 0. The molecule has 3 heterocycles. The van der Waals surface area contributed by atoms with E-state index in [0.717, 1.165) is 116 Å². The Hall–Kier alpha value is -11.6. The molecule has 0 radical (unpaired) electrons. The van der Waals surface area contributed by atoms with Gasteiger partial charge in [0.2, 0.25) is 5.82 Å². The van der Waals surface area contributed by atoms with E-state index in [1.165, 1.54) is 26.9 Å². The summed E-state index contributed by atoms with van der Waals surface area (Å²) in [6.07, 6.45) is 0. The molecule has 9 aliphatic rings.